The van der Waals surface area contributed by atoms with Crippen molar-refractivity contribution in [2.75, 3.05) is 18.5 Å². The van der Waals surface area contributed by atoms with Gasteiger partial charge in [0.25, 0.3) is 5.91 Å². The molecule has 0 aliphatic heterocycles. The Morgan fingerprint density at radius 2 is 2.04 bits per heavy atom. The Morgan fingerprint density at radius 1 is 1.30 bits per heavy atom. The van der Waals surface area contributed by atoms with Gasteiger partial charge < -0.3 is 15.0 Å². The third-order valence-corrected chi connectivity index (χ3v) is 3.77. The molecule has 1 N–H and O–H groups in total. The fraction of sp³-hybridized carbons (Fsp3) is 0.389. The first-order valence-electron chi connectivity index (χ1n) is 8.39. The maximum absolute atomic E-state index is 12.4. The summed E-state index contributed by atoms with van der Waals surface area (Å²) in [5, 5.41) is 2.72. The van der Waals surface area contributed by atoms with E-state index in [0.717, 1.165) is 13.0 Å². The molecule has 0 saturated heterocycles. The highest BCUT2D eigenvalue weighted by Gasteiger charge is 2.31. The second-order valence-corrected chi connectivity index (χ2v) is 6.00. The zero-order valence-corrected chi connectivity index (χ0v) is 15.2. The van der Waals surface area contributed by atoms with Crippen LogP contribution >= 0.6 is 0 Å². The van der Waals surface area contributed by atoms with Crippen LogP contribution in [0.4, 0.5) is 19.0 Å². The molecule has 0 aliphatic rings. The molecule has 146 valence electrons. The zero-order chi connectivity index (χ0) is 20.0. The van der Waals surface area contributed by atoms with Crippen LogP contribution in [-0.4, -0.2) is 35.8 Å². The standard InChI is InChI=1S/C18H21F3N4O2/c1-4-8-25(3)16-10-15(22-11-23-16)17(26)24-12(2)13-6-5-7-14(9-13)27-18(19,20)21/h5-7,9-12H,4,8H2,1-3H3,(H,24,26). The molecule has 1 amide bonds. The van der Waals surface area contributed by atoms with Crippen LogP contribution in [0.1, 0.15) is 42.4 Å². The molecule has 1 unspecified atom stereocenters. The molecule has 2 aromatic rings. The summed E-state index contributed by atoms with van der Waals surface area (Å²) in [6.07, 6.45) is -2.54. The van der Waals surface area contributed by atoms with Crippen molar-refractivity contribution >= 4 is 11.7 Å². The number of rotatable bonds is 7. The average molecular weight is 382 g/mol. The van der Waals surface area contributed by atoms with E-state index in [1.165, 1.54) is 24.5 Å². The summed E-state index contributed by atoms with van der Waals surface area (Å²) in [6.45, 7) is 4.47. The maximum atomic E-state index is 12.4. The lowest BCUT2D eigenvalue weighted by Gasteiger charge is -2.18. The highest BCUT2D eigenvalue weighted by molar-refractivity contribution is 5.93. The van der Waals surface area contributed by atoms with Gasteiger partial charge >= 0.3 is 6.36 Å². The van der Waals surface area contributed by atoms with Crippen molar-refractivity contribution in [3.05, 3.63) is 47.9 Å². The summed E-state index contributed by atoms with van der Waals surface area (Å²) >= 11 is 0. The predicted octanol–water partition coefficient (Wildman–Crippen LogP) is 3.71. The monoisotopic (exact) mass is 382 g/mol. The Balaban J connectivity index is 2.09. The number of aromatic nitrogens is 2. The smallest absolute Gasteiger partial charge is 0.406 e. The highest BCUT2D eigenvalue weighted by Crippen LogP contribution is 2.25. The number of nitrogens with zero attached hydrogens (tertiary/aromatic N) is 3. The van der Waals surface area contributed by atoms with Gasteiger partial charge in [-0.15, -0.1) is 13.2 Å². The van der Waals surface area contributed by atoms with E-state index in [1.54, 1.807) is 19.1 Å². The van der Waals surface area contributed by atoms with Crippen LogP contribution in [0, 0.1) is 0 Å². The van der Waals surface area contributed by atoms with Gasteiger partial charge in [-0.3, -0.25) is 4.79 Å². The van der Waals surface area contributed by atoms with Gasteiger partial charge in [0.1, 0.15) is 23.6 Å². The van der Waals surface area contributed by atoms with Crippen LogP contribution in [0.2, 0.25) is 0 Å². The lowest BCUT2D eigenvalue weighted by Crippen LogP contribution is -2.28. The van der Waals surface area contributed by atoms with Crippen LogP contribution < -0.4 is 15.0 Å². The van der Waals surface area contributed by atoms with Crippen LogP contribution in [0.15, 0.2) is 36.7 Å². The number of benzene rings is 1. The first-order chi connectivity index (χ1) is 12.7. The Labute approximate surface area is 155 Å². The van der Waals surface area contributed by atoms with Gasteiger partial charge in [-0.05, 0) is 31.0 Å². The summed E-state index contributed by atoms with van der Waals surface area (Å²) in [5.74, 6) is -0.171. The molecule has 27 heavy (non-hydrogen) atoms. The molecule has 0 spiro atoms. The third kappa shape index (κ3) is 6.12. The lowest BCUT2D eigenvalue weighted by molar-refractivity contribution is -0.274. The Bertz CT molecular complexity index is 783. The largest absolute Gasteiger partial charge is 0.573 e. The Morgan fingerprint density at radius 3 is 2.70 bits per heavy atom. The first-order valence-corrected chi connectivity index (χ1v) is 8.39. The van der Waals surface area contributed by atoms with Gasteiger partial charge in [-0.2, -0.15) is 0 Å². The number of carbonyl (C=O) groups excluding carboxylic acids is 1. The van der Waals surface area contributed by atoms with Crippen LogP contribution in [-0.2, 0) is 0 Å². The van der Waals surface area contributed by atoms with Gasteiger partial charge in [0.15, 0.2) is 0 Å². The number of hydrogen-bond acceptors (Lipinski definition) is 5. The first kappa shape index (κ1) is 20.5. The molecule has 9 heteroatoms. The number of halogens is 3. The number of ether oxygens (including phenoxy) is 1. The second kappa shape index (κ2) is 8.70. The van der Waals surface area contributed by atoms with E-state index in [0.29, 0.717) is 11.4 Å². The van der Waals surface area contributed by atoms with Gasteiger partial charge in [0.2, 0.25) is 0 Å². The van der Waals surface area contributed by atoms with Gasteiger partial charge in [-0.25, -0.2) is 9.97 Å². The van der Waals surface area contributed by atoms with E-state index < -0.39 is 18.3 Å². The van der Waals surface area contributed by atoms with Crippen molar-refractivity contribution in [3.63, 3.8) is 0 Å². The average Bonchev–Trinajstić information content (AvgIpc) is 2.60. The van der Waals surface area contributed by atoms with Crippen LogP contribution in [0.25, 0.3) is 0 Å². The van der Waals surface area contributed by atoms with E-state index in [-0.39, 0.29) is 11.4 Å². The van der Waals surface area contributed by atoms with Crippen molar-refractivity contribution in [1.82, 2.24) is 15.3 Å². The predicted molar refractivity (Wildman–Crippen MR) is 94.6 cm³/mol. The summed E-state index contributed by atoms with van der Waals surface area (Å²) in [4.78, 5) is 22.5. The molecule has 0 bridgehead atoms. The SMILES string of the molecule is CCCN(C)c1cc(C(=O)NC(C)c2cccc(OC(F)(F)F)c2)ncn1. The van der Waals surface area contributed by atoms with E-state index in [1.807, 2.05) is 18.9 Å². The molecule has 6 nitrogen and oxygen atoms in total. The number of carbonyl (C=O) groups is 1. The van der Waals surface area contributed by atoms with E-state index in [4.69, 9.17) is 0 Å². The number of nitrogens with one attached hydrogen (secondary N) is 1. The summed E-state index contributed by atoms with van der Waals surface area (Å²) < 4.78 is 41.0. The molecular weight excluding hydrogens is 361 g/mol. The number of hydrogen-bond donors (Lipinski definition) is 1. The number of amides is 1. The molecule has 0 saturated carbocycles. The second-order valence-electron chi connectivity index (χ2n) is 6.00. The molecule has 1 heterocycles. The number of anilines is 1. The Hall–Kier alpha value is -2.84. The topological polar surface area (TPSA) is 67.4 Å². The normalized spacial score (nSPS) is 12.4. The minimum absolute atomic E-state index is 0.178. The van der Waals surface area contributed by atoms with Gasteiger partial charge in [-0.1, -0.05) is 19.1 Å². The molecular formula is C18H21F3N4O2. The quantitative estimate of drug-likeness (QED) is 0.791. The molecule has 1 aromatic heterocycles. The van der Waals surface area contributed by atoms with Crippen molar-refractivity contribution in [2.24, 2.45) is 0 Å². The van der Waals surface area contributed by atoms with Gasteiger partial charge in [0.05, 0.1) is 6.04 Å². The van der Waals surface area contributed by atoms with E-state index in [9.17, 15) is 18.0 Å². The van der Waals surface area contributed by atoms with Crippen molar-refractivity contribution in [2.45, 2.75) is 32.7 Å². The molecule has 0 radical (unpaired) electrons. The molecule has 2 rings (SSSR count). The Kier molecular flexibility index (Phi) is 6.59. The lowest BCUT2D eigenvalue weighted by atomic mass is 10.1. The third-order valence-electron chi connectivity index (χ3n) is 3.77. The maximum Gasteiger partial charge on any atom is 0.573 e. The molecule has 0 fully saturated rings. The van der Waals surface area contributed by atoms with Crippen molar-refractivity contribution < 1.29 is 22.7 Å². The van der Waals surface area contributed by atoms with Gasteiger partial charge in [0, 0.05) is 19.7 Å². The van der Waals surface area contributed by atoms with Crippen molar-refractivity contribution in [3.8, 4) is 5.75 Å². The van der Waals surface area contributed by atoms with Crippen molar-refractivity contribution in [1.29, 1.82) is 0 Å². The summed E-state index contributed by atoms with van der Waals surface area (Å²) in [6, 6.07) is 6.50. The fourth-order valence-electron chi connectivity index (χ4n) is 2.46. The van der Waals surface area contributed by atoms with Crippen LogP contribution in [0.3, 0.4) is 0 Å². The minimum Gasteiger partial charge on any atom is -0.406 e. The molecule has 0 aliphatic carbocycles. The molecule has 1 atom stereocenters. The van der Waals surface area contributed by atoms with Crippen LogP contribution in [0.5, 0.6) is 5.75 Å². The summed E-state index contributed by atoms with van der Waals surface area (Å²) in [7, 11) is 1.86. The van der Waals surface area contributed by atoms with E-state index in [2.05, 4.69) is 20.0 Å². The fourth-order valence-corrected chi connectivity index (χ4v) is 2.46. The highest BCUT2D eigenvalue weighted by atomic mass is 19.4. The van der Waals surface area contributed by atoms with E-state index >= 15 is 0 Å². The minimum atomic E-state index is -4.77. The summed E-state index contributed by atoms with van der Waals surface area (Å²) in [5.41, 5.74) is 0.653. The number of alkyl halides is 3. The zero-order valence-electron chi connectivity index (χ0n) is 15.2. The molecule has 1 aromatic carbocycles.